The molecule has 1 aliphatic rings. The van der Waals surface area contributed by atoms with E-state index in [9.17, 15) is 4.79 Å². The minimum atomic E-state index is -0.206. The van der Waals surface area contributed by atoms with Gasteiger partial charge in [0.1, 0.15) is 0 Å². The van der Waals surface area contributed by atoms with E-state index in [-0.39, 0.29) is 23.9 Å². The number of nitrogens with one attached hydrogen (secondary N) is 1. The molecule has 1 heterocycles. The fourth-order valence-electron chi connectivity index (χ4n) is 2.33. The van der Waals surface area contributed by atoms with Gasteiger partial charge in [-0.05, 0) is 31.6 Å². The third kappa shape index (κ3) is 5.12. The minimum absolute atomic E-state index is 0. The van der Waals surface area contributed by atoms with E-state index < -0.39 is 0 Å². The van der Waals surface area contributed by atoms with E-state index in [0.717, 1.165) is 38.9 Å². The lowest BCUT2D eigenvalue weighted by atomic mass is 9.91. The normalized spacial score (nSPS) is 17.1. The van der Waals surface area contributed by atoms with Crippen LogP contribution in [0, 0.1) is 5.92 Å². The predicted molar refractivity (Wildman–Crippen MR) is 75.9 cm³/mol. The molecule has 1 amide bonds. The van der Waals surface area contributed by atoms with Crippen LogP contribution in [0.5, 0.6) is 0 Å². The number of nitrogens with two attached hydrogens (primary N) is 1. The van der Waals surface area contributed by atoms with Crippen molar-refractivity contribution in [1.29, 1.82) is 0 Å². The molecule has 4 nitrogen and oxygen atoms in total. The Morgan fingerprint density at radius 2 is 1.89 bits per heavy atom. The molecular weight excluding hydrogens is 252 g/mol. The summed E-state index contributed by atoms with van der Waals surface area (Å²) in [5.41, 5.74) is 5.57. The maximum Gasteiger partial charge on any atom is 0.220 e. The second kappa shape index (κ2) is 8.73. The quantitative estimate of drug-likeness (QED) is 0.779. The highest BCUT2D eigenvalue weighted by Crippen LogP contribution is 2.20. The second-order valence-corrected chi connectivity index (χ2v) is 5.00. The molecule has 18 heavy (non-hydrogen) atoms. The Kier molecular flexibility index (Phi) is 8.57. The van der Waals surface area contributed by atoms with E-state index in [4.69, 9.17) is 10.5 Å². The van der Waals surface area contributed by atoms with Gasteiger partial charge >= 0.3 is 0 Å². The highest BCUT2D eigenvalue weighted by molar-refractivity contribution is 5.85. The molecular formula is C13H27ClN2O2. The highest BCUT2D eigenvalue weighted by atomic mass is 35.5. The zero-order valence-corrected chi connectivity index (χ0v) is 12.4. The van der Waals surface area contributed by atoms with Crippen molar-refractivity contribution in [3.8, 4) is 0 Å². The topological polar surface area (TPSA) is 64.3 Å². The summed E-state index contributed by atoms with van der Waals surface area (Å²) in [6.07, 6.45) is 4.40. The van der Waals surface area contributed by atoms with E-state index in [1.165, 1.54) is 0 Å². The molecule has 0 unspecified atom stereocenters. The first-order valence-corrected chi connectivity index (χ1v) is 6.74. The Bertz CT molecular complexity index is 231. The molecule has 5 heteroatoms. The molecule has 0 aliphatic carbocycles. The Morgan fingerprint density at radius 3 is 2.33 bits per heavy atom. The average Bonchev–Trinajstić information content (AvgIpc) is 2.37. The molecule has 0 bridgehead atoms. The molecule has 0 aromatic carbocycles. The van der Waals surface area contributed by atoms with E-state index in [1.54, 1.807) is 0 Å². The van der Waals surface area contributed by atoms with Crippen LogP contribution in [0.2, 0.25) is 0 Å². The van der Waals surface area contributed by atoms with Crippen molar-refractivity contribution in [3.63, 3.8) is 0 Å². The monoisotopic (exact) mass is 278 g/mol. The van der Waals surface area contributed by atoms with Crippen LogP contribution in [0.15, 0.2) is 0 Å². The number of halogens is 1. The van der Waals surface area contributed by atoms with Crippen LogP contribution in [-0.2, 0) is 9.53 Å². The summed E-state index contributed by atoms with van der Waals surface area (Å²) in [6.45, 7) is 6.25. The first-order chi connectivity index (χ1) is 8.15. The Balaban J connectivity index is 0.00000289. The summed E-state index contributed by atoms with van der Waals surface area (Å²) in [6, 6.07) is 0. The van der Waals surface area contributed by atoms with Gasteiger partial charge < -0.3 is 15.8 Å². The van der Waals surface area contributed by atoms with Gasteiger partial charge in [0.25, 0.3) is 0 Å². The Labute approximate surface area is 116 Å². The van der Waals surface area contributed by atoms with E-state index in [1.807, 2.05) is 0 Å². The van der Waals surface area contributed by atoms with Gasteiger partial charge in [0.05, 0.1) is 5.54 Å². The summed E-state index contributed by atoms with van der Waals surface area (Å²) in [5, 5.41) is 3.12. The molecule has 1 saturated heterocycles. The number of hydrogen-bond acceptors (Lipinski definition) is 3. The van der Waals surface area contributed by atoms with E-state index in [2.05, 4.69) is 19.2 Å². The maximum absolute atomic E-state index is 12.0. The summed E-state index contributed by atoms with van der Waals surface area (Å²) >= 11 is 0. The van der Waals surface area contributed by atoms with Crippen molar-refractivity contribution in [1.82, 2.24) is 5.32 Å². The summed E-state index contributed by atoms with van der Waals surface area (Å²) < 4.78 is 5.29. The average molecular weight is 279 g/mol. The van der Waals surface area contributed by atoms with Crippen LogP contribution >= 0.6 is 12.4 Å². The summed E-state index contributed by atoms with van der Waals surface area (Å²) in [4.78, 5) is 12.0. The van der Waals surface area contributed by atoms with Crippen LogP contribution < -0.4 is 11.1 Å². The van der Waals surface area contributed by atoms with E-state index >= 15 is 0 Å². The second-order valence-electron chi connectivity index (χ2n) is 5.00. The van der Waals surface area contributed by atoms with Crippen molar-refractivity contribution < 1.29 is 9.53 Å². The van der Waals surface area contributed by atoms with Crippen molar-refractivity contribution in [2.24, 2.45) is 11.7 Å². The molecule has 108 valence electrons. The van der Waals surface area contributed by atoms with Crippen LogP contribution in [-0.4, -0.2) is 31.2 Å². The van der Waals surface area contributed by atoms with Gasteiger partial charge in [-0.25, -0.2) is 0 Å². The Morgan fingerprint density at radius 1 is 1.33 bits per heavy atom. The van der Waals surface area contributed by atoms with Crippen LogP contribution in [0.25, 0.3) is 0 Å². The lowest BCUT2D eigenvalue weighted by molar-refractivity contribution is -0.124. The van der Waals surface area contributed by atoms with Gasteiger partial charge in [0.15, 0.2) is 0 Å². The molecule has 0 radical (unpaired) electrons. The predicted octanol–water partition coefficient (Wildman–Crippen LogP) is 1.86. The number of rotatable bonds is 6. The maximum atomic E-state index is 12.0. The minimum Gasteiger partial charge on any atom is -0.381 e. The van der Waals surface area contributed by atoms with Crippen molar-refractivity contribution >= 4 is 18.3 Å². The fourth-order valence-corrected chi connectivity index (χ4v) is 2.33. The van der Waals surface area contributed by atoms with Crippen molar-refractivity contribution in [2.45, 2.75) is 51.5 Å². The molecule has 0 spiro atoms. The molecule has 1 rings (SSSR count). The Hall–Kier alpha value is -0.320. The zero-order valence-electron chi connectivity index (χ0n) is 11.5. The highest BCUT2D eigenvalue weighted by Gasteiger charge is 2.27. The van der Waals surface area contributed by atoms with Gasteiger partial charge in [-0.2, -0.15) is 0 Å². The lowest BCUT2D eigenvalue weighted by Gasteiger charge is -2.32. The fraction of sp³-hybridized carbons (Fsp3) is 0.923. The van der Waals surface area contributed by atoms with Gasteiger partial charge in [0.2, 0.25) is 5.91 Å². The van der Waals surface area contributed by atoms with Gasteiger partial charge in [-0.1, -0.05) is 13.8 Å². The molecule has 1 aliphatic heterocycles. The standard InChI is InChI=1S/C13H26N2O2.ClH/c1-3-13(4-2,10-14)15-12(16)9-11-5-7-17-8-6-11;/h11H,3-10,14H2,1-2H3,(H,15,16);1H. The van der Waals surface area contributed by atoms with E-state index in [0.29, 0.717) is 18.9 Å². The van der Waals surface area contributed by atoms with Crippen LogP contribution in [0.1, 0.15) is 46.0 Å². The molecule has 0 atom stereocenters. The summed E-state index contributed by atoms with van der Waals surface area (Å²) in [5.74, 6) is 0.624. The van der Waals surface area contributed by atoms with Gasteiger partial charge in [-0.3, -0.25) is 4.79 Å². The number of ether oxygens (including phenoxy) is 1. The zero-order chi connectivity index (χ0) is 12.7. The number of amides is 1. The summed E-state index contributed by atoms with van der Waals surface area (Å²) in [7, 11) is 0. The van der Waals surface area contributed by atoms with Gasteiger partial charge in [-0.15, -0.1) is 12.4 Å². The SMILES string of the molecule is CCC(CC)(CN)NC(=O)CC1CCOCC1.Cl. The smallest absolute Gasteiger partial charge is 0.220 e. The number of hydrogen-bond donors (Lipinski definition) is 2. The first-order valence-electron chi connectivity index (χ1n) is 6.74. The van der Waals surface area contributed by atoms with Gasteiger partial charge in [0, 0.05) is 26.2 Å². The largest absolute Gasteiger partial charge is 0.381 e. The van der Waals surface area contributed by atoms with Crippen LogP contribution in [0.4, 0.5) is 0 Å². The third-order valence-corrected chi connectivity index (χ3v) is 3.96. The molecule has 3 N–H and O–H groups in total. The van der Waals surface area contributed by atoms with Crippen LogP contribution in [0.3, 0.4) is 0 Å². The number of carbonyl (C=O) groups is 1. The first kappa shape index (κ1) is 17.7. The molecule has 0 aromatic rings. The molecule has 1 fully saturated rings. The van der Waals surface area contributed by atoms with Crippen molar-refractivity contribution in [2.75, 3.05) is 19.8 Å². The molecule has 0 aromatic heterocycles. The lowest BCUT2D eigenvalue weighted by Crippen LogP contribution is -2.53. The number of carbonyl (C=O) groups excluding carboxylic acids is 1. The molecule has 0 saturated carbocycles. The van der Waals surface area contributed by atoms with Crippen molar-refractivity contribution in [3.05, 3.63) is 0 Å². The third-order valence-electron chi connectivity index (χ3n) is 3.96.